The van der Waals surface area contributed by atoms with E-state index in [4.69, 9.17) is 0 Å². The van der Waals surface area contributed by atoms with Crippen molar-refractivity contribution in [2.24, 2.45) is 7.05 Å². The summed E-state index contributed by atoms with van der Waals surface area (Å²) in [6.07, 6.45) is 3.69. The molecule has 2 amide bonds. The number of amides is 2. The lowest BCUT2D eigenvalue weighted by molar-refractivity contribution is -0.128. The van der Waals surface area contributed by atoms with Gasteiger partial charge in [-0.25, -0.2) is 4.39 Å². The minimum Gasteiger partial charge on any atom is -0.380 e. The molecule has 0 atom stereocenters. The molecule has 0 fully saturated rings. The Morgan fingerprint density at radius 3 is 2.74 bits per heavy atom. The molecule has 34 heavy (non-hydrogen) atoms. The zero-order chi connectivity index (χ0) is 24.2. The summed E-state index contributed by atoms with van der Waals surface area (Å²) in [4.78, 5) is 30.7. The quantitative estimate of drug-likeness (QED) is 0.440. The molecule has 0 spiro atoms. The maximum atomic E-state index is 14.7. The van der Waals surface area contributed by atoms with E-state index in [0.717, 1.165) is 16.5 Å². The lowest BCUT2D eigenvalue weighted by Crippen LogP contribution is -2.24. The Balaban J connectivity index is 1.50. The highest BCUT2D eigenvalue weighted by Crippen LogP contribution is 2.23. The van der Waals surface area contributed by atoms with Gasteiger partial charge in [0.2, 0.25) is 5.91 Å². The molecular formula is C25H25FN6O2. The number of halogens is 1. The Bertz CT molecular complexity index is 1360. The second-order valence-electron chi connectivity index (χ2n) is 8.17. The number of likely N-dealkylation sites (N-methyl/N-ethyl adjacent to an activating group) is 1. The summed E-state index contributed by atoms with van der Waals surface area (Å²) in [6, 6.07) is 13.4. The highest BCUT2D eigenvalue weighted by Gasteiger charge is 2.17. The Morgan fingerprint density at radius 1 is 1.12 bits per heavy atom. The standard InChI is InChI=1S/C25H25FN6O2/c1-31(2)23(33)13-19-11-16(9-10-27-19)14-28-21-6-4-5-20(26)24(21)25(34)29-18-8-7-17-15-32(3)30-22(17)12-18/h4-12,15,28H,13-14H2,1-3H3,(H,29,34). The van der Waals surface area contributed by atoms with Crippen LogP contribution in [0.5, 0.6) is 0 Å². The van der Waals surface area contributed by atoms with Crippen LogP contribution in [0.2, 0.25) is 0 Å². The van der Waals surface area contributed by atoms with Crippen molar-refractivity contribution in [1.29, 1.82) is 0 Å². The van der Waals surface area contributed by atoms with Crippen LogP contribution < -0.4 is 10.6 Å². The maximum absolute atomic E-state index is 14.7. The molecule has 0 radical (unpaired) electrons. The first kappa shape index (κ1) is 22.9. The summed E-state index contributed by atoms with van der Waals surface area (Å²) in [5.41, 5.74) is 3.02. The van der Waals surface area contributed by atoms with E-state index in [9.17, 15) is 14.0 Å². The van der Waals surface area contributed by atoms with Crippen molar-refractivity contribution in [2.45, 2.75) is 13.0 Å². The van der Waals surface area contributed by atoms with Crippen molar-refractivity contribution in [3.8, 4) is 0 Å². The number of nitrogens with one attached hydrogen (secondary N) is 2. The van der Waals surface area contributed by atoms with Gasteiger partial charge in [0, 0.05) is 56.8 Å². The average Bonchev–Trinajstić information content (AvgIpc) is 3.17. The van der Waals surface area contributed by atoms with Gasteiger partial charge in [-0.15, -0.1) is 0 Å². The number of fused-ring (bicyclic) bond motifs is 1. The Hall–Kier alpha value is -4.27. The van der Waals surface area contributed by atoms with Crippen LogP contribution in [0.4, 0.5) is 15.8 Å². The predicted molar refractivity (Wildman–Crippen MR) is 129 cm³/mol. The molecule has 0 saturated carbocycles. The number of hydrogen-bond donors (Lipinski definition) is 2. The summed E-state index contributed by atoms with van der Waals surface area (Å²) >= 11 is 0. The van der Waals surface area contributed by atoms with E-state index >= 15 is 0 Å². The second kappa shape index (κ2) is 9.70. The lowest BCUT2D eigenvalue weighted by atomic mass is 10.1. The summed E-state index contributed by atoms with van der Waals surface area (Å²) in [6.45, 7) is 0.329. The first-order valence-electron chi connectivity index (χ1n) is 10.7. The van der Waals surface area contributed by atoms with E-state index < -0.39 is 11.7 Å². The van der Waals surface area contributed by atoms with Crippen LogP contribution in [0, 0.1) is 5.82 Å². The SMILES string of the molecule is CN(C)C(=O)Cc1cc(CNc2cccc(F)c2C(=O)Nc2ccc3cn(C)nc3c2)ccn1. The molecule has 4 aromatic rings. The molecule has 0 aliphatic heterocycles. The smallest absolute Gasteiger partial charge is 0.260 e. The van der Waals surface area contributed by atoms with Gasteiger partial charge in [0.15, 0.2) is 0 Å². The van der Waals surface area contributed by atoms with Crippen molar-refractivity contribution in [3.05, 3.63) is 83.6 Å². The summed E-state index contributed by atoms with van der Waals surface area (Å²) in [5.74, 6) is -1.25. The number of hydrogen-bond acceptors (Lipinski definition) is 5. The third kappa shape index (κ3) is 5.20. The van der Waals surface area contributed by atoms with E-state index in [1.807, 2.05) is 25.4 Å². The number of aryl methyl sites for hydroxylation is 1. The van der Waals surface area contributed by atoms with Crippen LogP contribution in [-0.2, 0) is 24.8 Å². The van der Waals surface area contributed by atoms with E-state index in [2.05, 4.69) is 20.7 Å². The van der Waals surface area contributed by atoms with E-state index in [1.54, 1.807) is 55.3 Å². The van der Waals surface area contributed by atoms with Gasteiger partial charge in [-0.1, -0.05) is 6.07 Å². The molecule has 2 aromatic carbocycles. The van der Waals surface area contributed by atoms with E-state index in [0.29, 0.717) is 23.6 Å². The minimum absolute atomic E-state index is 0.0504. The minimum atomic E-state index is -0.631. The van der Waals surface area contributed by atoms with Crippen LogP contribution in [0.3, 0.4) is 0 Å². The van der Waals surface area contributed by atoms with Gasteiger partial charge in [-0.2, -0.15) is 5.10 Å². The zero-order valence-electron chi connectivity index (χ0n) is 19.2. The topological polar surface area (TPSA) is 92.2 Å². The molecule has 4 rings (SSSR count). The van der Waals surface area contributed by atoms with Crippen molar-refractivity contribution in [3.63, 3.8) is 0 Å². The maximum Gasteiger partial charge on any atom is 0.260 e. The van der Waals surface area contributed by atoms with Gasteiger partial charge in [0.1, 0.15) is 5.82 Å². The van der Waals surface area contributed by atoms with E-state index in [1.165, 1.54) is 11.0 Å². The molecule has 8 nitrogen and oxygen atoms in total. The molecule has 0 bridgehead atoms. The van der Waals surface area contributed by atoms with Crippen LogP contribution in [0.25, 0.3) is 10.9 Å². The first-order chi connectivity index (χ1) is 16.3. The third-order valence-electron chi connectivity index (χ3n) is 5.32. The number of anilines is 2. The van der Waals surface area contributed by atoms with Crippen LogP contribution in [0.1, 0.15) is 21.6 Å². The lowest BCUT2D eigenvalue weighted by Gasteiger charge is -2.14. The van der Waals surface area contributed by atoms with Gasteiger partial charge < -0.3 is 15.5 Å². The predicted octanol–water partition coefficient (Wildman–Crippen LogP) is 3.60. The molecule has 0 aliphatic rings. The summed E-state index contributed by atoms with van der Waals surface area (Å²) < 4.78 is 16.4. The molecule has 0 unspecified atom stereocenters. The average molecular weight is 461 g/mol. The second-order valence-corrected chi connectivity index (χ2v) is 8.17. The number of pyridine rings is 1. The molecule has 0 saturated heterocycles. The monoisotopic (exact) mass is 460 g/mol. The Labute approximate surface area is 196 Å². The number of carbonyl (C=O) groups is 2. The molecule has 2 heterocycles. The number of benzene rings is 2. The number of aromatic nitrogens is 3. The highest BCUT2D eigenvalue weighted by atomic mass is 19.1. The van der Waals surface area contributed by atoms with Crippen molar-refractivity contribution < 1.29 is 14.0 Å². The number of rotatable bonds is 7. The fourth-order valence-corrected chi connectivity index (χ4v) is 3.56. The van der Waals surface area contributed by atoms with Gasteiger partial charge in [-0.05, 0) is 48.0 Å². The van der Waals surface area contributed by atoms with Crippen LogP contribution >= 0.6 is 0 Å². The fraction of sp³-hybridized carbons (Fsp3) is 0.200. The molecule has 2 aromatic heterocycles. The Morgan fingerprint density at radius 2 is 1.94 bits per heavy atom. The largest absolute Gasteiger partial charge is 0.380 e. The molecule has 2 N–H and O–H groups in total. The molecule has 174 valence electrons. The highest BCUT2D eigenvalue weighted by molar-refractivity contribution is 6.08. The molecule has 0 aliphatic carbocycles. The molecule has 9 heteroatoms. The van der Waals surface area contributed by atoms with Crippen molar-refractivity contribution in [1.82, 2.24) is 19.7 Å². The molecular weight excluding hydrogens is 435 g/mol. The van der Waals surface area contributed by atoms with Gasteiger partial charge in [-0.3, -0.25) is 19.3 Å². The van der Waals surface area contributed by atoms with Crippen LogP contribution in [-0.4, -0.2) is 45.6 Å². The summed E-state index contributed by atoms with van der Waals surface area (Å²) in [7, 11) is 5.21. The van der Waals surface area contributed by atoms with E-state index in [-0.39, 0.29) is 17.9 Å². The summed E-state index contributed by atoms with van der Waals surface area (Å²) in [5, 5.41) is 11.2. The van der Waals surface area contributed by atoms with Crippen LogP contribution in [0.15, 0.2) is 60.9 Å². The van der Waals surface area contributed by atoms with Gasteiger partial charge in [0.25, 0.3) is 5.91 Å². The van der Waals surface area contributed by atoms with Gasteiger partial charge >= 0.3 is 0 Å². The van der Waals surface area contributed by atoms with Crippen molar-refractivity contribution in [2.75, 3.05) is 24.7 Å². The van der Waals surface area contributed by atoms with Crippen molar-refractivity contribution >= 4 is 34.1 Å². The fourth-order valence-electron chi connectivity index (χ4n) is 3.56. The number of carbonyl (C=O) groups excluding carboxylic acids is 2. The zero-order valence-corrected chi connectivity index (χ0v) is 19.2. The first-order valence-corrected chi connectivity index (χ1v) is 10.7. The third-order valence-corrected chi connectivity index (χ3v) is 5.32. The Kier molecular flexibility index (Phi) is 6.53. The number of nitrogens with zero attached hydrogens (tertiary/aromatic N) is 4. The normalized spacial score (nSPS) is 10.8. The van der Waals surface area contributed by atoms with Gasteiger partial charge in [0.05, 0.1) is 23.2 Å².